The van der Waals surface area contributed by atoms with Crippen molar-refractivity contribution < 1.29 is 15.0 Å². The molecule has 0 aliphatic carbocycles. The molecule has 0 saturated carbocycles. The molecular formula is C13H16BrNO3. The van der Waals surface area contributed by atoms with Gasteiger partial charge in [0.25, 0.3) is 5.91 Å². The maximum Gasteiger partial charge on any atom is 0.258 e. The summed E-state index contributed by atoms with van der Waals surface area (Å²) < 4.78 is 0. The van der Waals surface area contributed by atoms with E-state index in [2.05, 4.69) is 15.9 Å². The summed E-state index contributed by atoms with van der Waals surface area (Å²) in [6.45, 7) is 0.699. The predicted octanol–water partition coefficient (Wildman–Crippen LogP) is 2.49. The van der Waals surface area contributed by atoms with Crippen LogP contribution in [0.25, 0.3) is 0 Å². The second kappa shape index (κ2) is 5.61. The lowest BCUT2D eigenvalue weighted by Gasteiger charge is -2.34. The van der Waals surface area contributed by atoms with Gasteiger partial charge in [-0.3, -0.25) is 4.79 Å². The first-order chi connectivity index (χ1) is 8.65. The number of carbonyl (C=O) groups is 1. The van der Waals surface area contributed by atoms with Crippen LogP contribution in [0, 0.1) is 0 Å². The van der Waals surface area contributed by atoms with Crippen molar-refractivity contribution in [3.8, 4) is 11.5 Å². The maximum absolute atomic E-state index is 12.4. The highest BCUT2D eigenvalue weighted by Crippen LogP contribution is 2.31. The summed E-state index contributed by atoms with van der Waals surface area (Å²) in [5.41, 5.74) is 0.169. The molecule has 2 N–H and O–H groups in total. The van der Waals surface area contributed by atoms with Crippen LogP contribution in [0.2, 0.25) is 0 Å². The van der Waals surface area contributed by atoms with Crippen LogP contribution in [0.1, 0.15) is 29.6 Å². The van der Waals surface area contributed by atoms with E-state index < -0.39 is 0 Å². The van der Waals surface area contributed by atoms with Gasteiger partial charge < -0.3 is 15.1 Å². The molecule has 1 amide bonds. The minimum atomic E-state index is -0.332. The number of para-hydroxylation sites is 1. The van der Waals surface area contributed by atoms with Gasteiger partial charge in [0.15, 0.2) is 11.5 Å². The number of hydrogen-bond acceptors (Lipinski definition) is 3. The van der Waals surface area contributed by atoms with Crippen molar-refractivity contribution in [2.24, 2.45) is 0 Å². The van der Waals surface area contributed by atoms with E-state index in [1.54, 1.807) is 11.0 Å². The Hall–Kier alpha value is -1.23. The van der Waals surface area contributed by atoms with Crippen molar-refractivity contribution in [3.05, 3.63) is 23.8 Å². The summed E-state index contributed by atoms with van der Waals surface area (Å²) in [5.74, 6) is -0.804. The van der Waals surface area contributed by atoms with E-state index in [0.29, 0.717) is 6.54 Å². The van der Waals surface area contributed by atoms with Crippen LogP contribution in [-0.4, -0.2) is 38.9 Å². The maximum atomic E-state index is 12.4. The molecular weight excluding hydrogens is 298 g/mol. The van der Waals surface area contributed by atoms with Crippen LogP contribution in [0.4, 0.5) is 0 Å². The van der Waals surface area contributed by atoms with Crippen LogP contribution in [0.3, 0.4) is 0 Å². The fourth-order valence-electron chi connectivity index (χ4n) is 2.29. The first-order valence-electron chi connectivity index (χ1n) is 6.03. The van der Waals surface area contributed by atoms with E-state index in [-0.39, 0.29) is 29.0 Å². The summed E-state index contributed by atoms with van der Waals surface area (Å²) in [6.07, 6.45) is 3.07. The Balaban J connectivity index is 2.27. The van der Waals surface area contributed by atoms with Gasteiger partial charge in [0.1, 0.15) is 0 Å². The quantitative estimate of drug-likeness (QED) is 0.651. The van der Waals surface area contributed by atoms with Gasteiger partial charge in [-0.15, -0.1) is 0 Å². The molecule has 1 aliphatic heterocycles. The van der Waals surface area contributed by atoms with E-state index in [0.717, 1.165) is 24.6 Å². The van der Waals surface area contributed by atoms with E-state index in [1.807, 2.05) is 0 Å². The van der Waals surface area contributed by atoms with Crippen LogP contribution in [0.15, 0.2) is 18.2 Å². The number of hydrogen-bond donors (Lipinski definition) is 2. The Labute approximate surface area is 114 Å². The molecule has 1 atom stereocenters. The molecule has 0 aromatic heterocycles. The normalized spacial score (nSPS) is 19.8. The number of amides is 1. The Morgan fingerprint density at radius 2 is 2.17 bits per heavy atom. The van der Waals surface area contributed by atoms with Gasteiger partial charge in [-0.1, -0.05) is 22.0 Å². The van der Waals surface area contributed by atoms with E-state index in [1.165, 1.54) is 12.1 Å². The van der Waals surface area contributed by atoms with Gasteiger partial charge >= 0.3 is 0 Å². The number of aromatic hydroxyl groups is 2. The smallest absolute Gasteiger partial charge is 0.258 e. The lowest BCUT2D eigenvalue weighted by molar-refractivity contribution is 0.0638. The van der Waals surface area contributed by atoms with Crippen molar-refractivity contribution in [1.82, 2.24) is 4.90 Å². The highest BCUT2D eigenvalue weighted by molar-refractivity contribution is 9.09. The van der Waals surface area contributed by atoms with Crippen LogP contribution >= 0.6 is 15.9 Å². The molecule has 5 heteroatoms. The lowest BCUT2D eigenvalue weighted by atomic mass is 10.0. The molecule has 0 radical (unpaired) electrons. The Morgan fingerprint density at radius 3 is 2.89 bits per heavy atom. The average Bonchev–Trinajstić information content (AvgIpc) is 2.41. The van der Waals surface area contributed by atoms with Gasteiger partial charge in [-0.05, 0) is 31.4 Å². The molecule has 4 nitrogen and oxygen atoms in total. The Kier molecular flexibility index (Phi) is 4.11. The van der Waals surface area contributed by atoms with E-state index in [9.17, 15) is 15.0 Å². The molecule has 1 aromatic rings. The van der Waals surface area contributed by atoms with E-state index in [4.69, 9.17) is 0 Å². The Morgan fingerprint density at radius 1 is 1.39 bits per heavy atom. The monoisotopic (exact) mass is 313 g/mol. The first-order valence-corrected chi connectivity index (χ1v) is 7.15. The van der Waals surface area contributed by atoms with Crippen molar-refractivity contribution >= 4 is 21.8 Å². The number of rotatable bonds is 2. The highest BCUT2D eigenvalue weighted by Gasteiger charge is 2.28. The molecule has 1 aromatic carbocycles. The number of nitrogens with zero attached hydrogens (tertiary/aromatic N) is 1. The minimum Gasteiger partial charge on any atom is -0.504 e. The third-order valence-electron chi connectivity index (χ3n) is 3.31. The molecule has 1 heterocycles. The standard InChI is InChI=1S/C13H16BrNO3/c14-8-9-4-1-2-7-15(9)13(18)10-5-3-6-11(16)12(10)17/h3,5-6,9,16-17H,1-2,4,7-8H2. The lowest BCUT2D eigenvalue weighted by Crippen LogP contribution is -2.44. The molecule has 18 heavy (non-hydrogen) atoms. The number of benzene rings is 1. The molecule has 2 rings (SSSR count). The number of carbonyl (C=O) groups excluding carboxylic acids is 1. The summed E-state index contributed by atoms with van der Waals surface area (Å²) in [6, 6.07) is 4.63. The van der Waals surface area contributed by atoms with Gasteiger partial charge in [-0.25, -0.2) is 0 Å². The van der Waals surface area contributed by atoms with Crippen molar-refractivity contribution in [2.45, 2.75) is 25.3 Å². The average molecular weight is 314 g/mol. The zero-order valence-electron chi connectivity index (χ0n) is 9.97. The number of halogens is 1. The molecule has 1 aliphatic rings. The van der Waals surface area contributed by atoms with Gasteiger partial charge in [0.2, 0.25) is 0 Å². The largest absolute Gasteiger partial charge is 0.504 e. The zero-order valence-corrected chi connectivity index (χ0v) is 11.6. The van der Waals surface area contributed by atoms with Crippen LogP contribution in [0.5, 0.6) is 11.5 Å². The number of piperidine rings is 1. The summed E-state index contributed by atoms with van der Waals surface area (Å²) in [7, 11) is 0. The summed E-state index contributed by atoms with van der Waals surface area (Å²) >= 11 is 3.42. The molecule has 1 fully saturated rings. The van der Waals surface area contributed by atoms with Crippen molar-refractivity contribution in [1.29, 1.82) is 0 Å². The molecule has 98 valence electrons. The van der Waals surface area contributed by atoms with Gasteiger partial charge in [-0.2, -0.15) is 0 Å². The fourth-order valence-corrected chi connectivity index (χ4v) is 2.96. The highest BCUT2D eigenvalue weighted by atomic mass is 79.9. The summed E-state index contributed by atoms with van der Waals surface area (Å²) in [5, 5.41) is 19.9. The zero-order chi connectivity index (χ0) is 13.1. The minimum absolute atomic E-state index is 0.160. The molecule has 0 spiro atoms. The summed E-state index contributed by atoms with van der Waals surface area (Å²) in [4.78, 5) is 14.1. The van der Waals surface area contributed by atoms with Gasteiger partial charge in [0.05, 0.1) is 5.56 Å². The number of alkyl halides is 1. The van der Waals surface area contributed by atoms with Crippen molar-refractivity contribution in [2.75, 3.05) is 11.9 Å². The van der Waals surface area contributed by atoms with Gasteiger partial charge in [0, 0.05) is 17.9 Å². The third kappa shape index (κ3) is 2.46. The van der Waals surface area contributed by atoms with E-state index >= 15 is 0 Å². The number of phenolic OH excluding ortho intramolecular Hbond substituents is 2. The fraction of sp³-hybridized carbons (Fsp3) is 0.462. The second-order valence-corrected chi connectivity index (χ2v) is 5.12. The van der Waals surface area contributed by atoms with Crippen LogP contribution in [-0.2, 0) is 0 Å². The molecule has 1 unspecified atom stereocenters. The topological polar surface area (TPSA) is 60.8 Å². The van der Waals surface area contributed by atoms with Crippen LogP contribution < -0.4 is 0 Å². The second-order valence-electron chi connectivity index (χ2n) is 4.48. The number of likely N-dealkylation sites (tertiary alicyclic amines) is 1. The Bertz CT molecular complexity index is 450. The third-order valence-corrected chi connectivity index (χ3v) is 4.06. The number of phenols is 2. The SMILES string of the molecule is O=C(c1cccc(O)c1O)N1CCCCC1CBr. The molecule has 0 bridgehead atoms. The first kappa shape index (κ1) is 13.2. The molecule has 1 saturated heterocycles. The predicted molar refractivity (Wildman–Crippen MR) is 72.2 cm³/mol. The van der Waals surface area contributed by atoms with Crippen molar-refractivity contribution in [3.63, 3.8) is 0 Å².